The Balaban J connectivity index is 1.79. The Morgan fingerprint density at radius 2 is 1.89 bits per heavy atom. The minimum atomic E-state index is -0.622. The average molecular weight is 253 g/mol. The van der Waals surface area contributed by atoms with Crippen LogP contribution in [0.3, 0.4) is 0 Å². The molecule has 0 bridgehead atoms. The number of rotatable bonds is 4. The average Bonchev–Trinajstić information content (AvgIpc) is 2.78. The number of aliphatic carboxylic acids is 1. The normalized spacial score (nSPS) is 34.1. The van der Waals surface area contributed by atoms with Gasteiger partial charge in [-0.25, -0.2) is 0 Å². The number of carboxylic acids is 1. The molecule has 0 radical (unpaired) electrons. The summed E-state index contributed by atoms with van der Waals surface area (Å²) in [5, 5.41) is 9.19. The van der Waals surface area contributed by atoms with E-state index in [2.05, 4.69) is 18.7 Å². The molecule has 0 aromatic rings. The van der Waals surface area contributed by atoms with Crippen molar-refractivity contribution >= 4 is 5.97 Å². The van der Waals surface area contributed by atoms with E-state index in [0.29, 0.717) is 0 Å². The number of carboxylic acid groups (broad SMARTS) is 1. The molecule has 2 aliphatic rings. The van der Waals surface area contributed by atoms with Gasteiger partial charge in [-0.05, 0) is 62.8 Å². The number of hydrogen-bond acceptors (Lipinski definition) is 2. The molecule has 1 N–H and O–H groups in total. The van der Waals surface area contributed by atoms with Crippen LogP contribution in [0, 0.1) is 17.8 Å². The van der Waals surface area contributed by atoms with Gasteiger partial charge >= 0.3 is 5.97 Å². The van der Waals surface area contributed by atoms with Gasteiger partial charge in [-0.15, -0.1) is 0 Å². The highest BCUT2D eigenvalue weighted by molar-refractivity contribution is 5.73. The maximum Gasteiger partial charge on any atom is 0.320 e. The van der Waals surface area contributed by atoms with Crippen LogP contribution in [-0.4, -0.2) is 35.1 Å². The summed E-state index contributed by atoms with van der Waals surface area (Å²) in [5.41, 5.74) is 0. The summed E-state index contributed by atoms with van der Waals surface area (Å²) in [7, 11) is 0. The van der Waals surface area contributed by atoms with Crippen LogP contribution in [0.4, 0.5) is 0 Å². The molecule has 0 unspecified atom stereocenters. The van der Waals surface area contributed by atoms with Crippen LogP contribution >= 0.6 is 0 Å². The van der Waals surface area contributed by atoms with Crippen molar-refractivity contribution in [1.29, 1.82) is 0 Å². The second-order valence-corrected chi connectivity index (χ2v) is 6.52. The summed E-state index contributed by atoms with van der Waals surface area (Å²) in [6.07, 6.45) is 7.17. The van der Waals surface area contributed by atoms with Crippen molar-refractivity contribution in [1.82, 2.24) is 4.90 Å². The zero-order chi connectivity index (χ0) is 13.1. The zero-order valence-corrected chi connectivity index (χ0v) is 11.8. The number of hydrogen-bond donors (Lipinski definition) is 1. The van der Waals surface area contributed by atoms with E-state index in [-0.39, 0.29) is 6.04 Å². The molecule has 0 aromatic carbocycles. The van der Waals surface area contributed by atoms with E-state index in [1.54, 1.807) is 0 Å². The van der Waals surface area contributed by atoms with Gasteiger partial charge in [-0.3, -0.25) is 9.69 Å². The second kappa shape index (κ2) is 6.05. The smallest absolute Gasteiger partial charge is 0.320 e. The first-order valence-electron chi connectivity index (χ1n) is 7.54. The molecule has 0 amide bonds. The van der Waals surface area contributed by atoms with Crippen LogP contribution in [0.5, 0.6) is 0 Å². The molecule has 1 saturated heterocycles. The monoisotopic (exact) mass is 253 g/mol. The largest absolute Gasteiger partial charge is 0.480 e. The van der Waals surface area contributed by atoms with Gasteiger partial charge in [-0.1, -0.05) is 13.8 Å². The molecule has 2 fully saturated rings. The molecular formula is C15H27NO2. The molecule has 1 aliphatic carbocycles. The van der Waals surface area contributed by atoms with Crippen LogP contribution in [0.1, 0.15) is 52.4 Å². The van der Waals surface area contributed by atoms with Gasteiger partial charge in [0, 0.05) is 6.54 Å². The lowest BCUT2D eigenvalue weighted by Gasteiger charge is -2.34. The first kappa shape index (κ1) is 13.9. The van der Waals surface area contributed by atoms with Gasteiger partial charge in [0.1, 0.15) is 6.04 Å². The van der Waals surface area contributed by atoms with Crippen molar-refractivity contribution in [2.75, 3.05) is 13.1 Å². The van der Waals surface area contributed by atoms with E-state index in [1.165, 1.54) is 25.7 Å². The maximum atomic E-state index is 11.2. The van der Waals surface area contributed by atoms with Crippen molar-refractivity contribution in [2.24, 2.45) is 17.8 Å². The second-order valence-electron chi connectivity index (χ2n) is 6.52. The van der Waals surface area contributed by atoms with Crippen LogP contribution in [0.15, 0.2) is 0 Å². The van der Waals surface area contributed by atoms with E-state index >= 15 is 0 Å². The molecule has 1 aliphatic heterocycles. The number of nitrogens with zero attached hydrogens (tertiary/aromatic N) is 1. The molecule has 1 saturated carbocycles. The third kappa shape index (κ3) is 3.25. The zero-order valence-electron chi connectivity index (χ0n) is 11.8. The van der Waals surface area contributed by atoms with Crippen LogP contribution in [0.25, 0.3) is 0 Å². The highest BCUT2D eigenvalue weighted by Gasteiger charge is 2.33. The predicted molar refractivity (Wildman–Crippen MR) is 72.5 cm³/mol. The van der Waals surface area contributed by atoms with E-state index in [1.807, 2.05) is 0 Å². The third-order valence-corrected chi connectivity index (χ3v) is 4.98. The van der Waals surface area contributed by atoms with Crippen LogP contribution in [0.2, 0.25) is 0 Å². The number of likely N-dealkylation sites (tertiary alicyclic amines) is 1. The van der Waals surface area contributed by atoms with Crippen LogP contribution < -0.4 is 0 Å². The SMILES string of the molecule is CC(C)C1CCC(CN2CCC[C@@H]2C(=O)O)CC1. The number of carbonyl (C=O) groups is 1. The quantitative estimate of drug-likeness (QED) is 0.837. The van der Waals surface area contributed by atoms with E-state index in [9.17, 15) is 9.90 Å². The molecule has 3 heteroatoms. The minimum Gasteiger partial charge on any atom is -0.480 e. The molecule has 104 valence electrons. The molecule has 1 atom stereocenters. The Labute approximate surface area is 111 Å². The summed E-state index contributed by atoms with van der Waals surface area (Å²) in [6.45, 7) is 6.65. The molecule has 1 heterocycles. The standard InChI is InChI=1S/C15H27NO2/c1-11(2)13-7-5-12(6-8-13)10-16-9-3-4-14(16)15(17)18/h11-14H,3-10H2,1-2H3,(H,17,18)/t12?,13?,14-/m1/s1. The Bertz CT molecular complexity index is 282. The molecule has 3 nitrogen and oxygen atoms in total. The van der Waals surface area contributed by atoms with Gasteiger partial charge in [0.2, 0.25) is 0 Å². The fourth-order valence-electron chi connectivity index (χ4n) is 3.69. The van der Waals surface area contributed by atoms with Gasteiger partial charge in [0.15, 0.2) is 0 Å². The summed E-state index contributed by atoms with van der Waals surface area (Å²) in [6, 6.07) is -0.201. The Morgan fingerprint density at radius 1 is 1.22 bits per heavy atom. The van der Waals surface area contributed by atoms with Gasteiger partial charge in [0.25, 0.3) is 0 Å². The summed E-state index contributed by atoms with van der Waals surface area (Å²) in [4.78, 5) is 13.4. The van der Waals surface area contributed by atoms with E-state index < -0.39 is 5.97 Å². The fourth-order valence-corrected chi connectivity index (χ4v) is 3.69. The summed E-state index contributed by atoms with van der Waals surface area (Å²) >= 11 is 0. The molecule has 18 heavy (non-hydrogen) atoms. The van der Waals surface area contributed by atoms with Gasteiger partial charge in [-0.2, -0.15) is 0 Å². The van der Waals surface area contributed by atoms with Crippen molar-refractivity contribution in [3.8, 4) is 0 Å². The first-order chi connectivity index (χ1) is 8.58. The van der Waals surface area contributed by atoms with Crippen molar-refractivity contribution in [3.05, 3.63) is 0 Å². The maximum absolute atomic E-state index is 11.2. The highest BCUT2D eigenvalue weighted by atomic mass is 16.4. The molecular weight excluding hydrogens is 226 g/mol. The minimum absolute atomic E-state index is 0.201. The fraction of sp³-hybridized carbons (Fsp3) is 0.933. The van der Waals surface area contributed by atoms with Crippen molar-refractivity contribution in [2.45, 2.75) is 58.4 Å². The lowest BCUT2D eigenvalue weighted by atomic mass is 9.77. The molecule has 0 spiro atoms. The predicted octanol–water partition coefficient (Wildman–Crippen LogP) is 3.00. The van der Waals surface area contributed by atoms with Crippen molar-refractivity contribution in [3.63, 3.8) is 0 Å². The van der Waals surface area contributed by atoms with E-state index in [0.717, 1.165) is 43.7 Å². The Kier molecular flexibility index (Phi) is 4.66. The van der Waals surface area contributed by atoms with Crippen LogP contribution in [-0.2, 0) is 4.79 Å². The molecule has 2 rings (SSSR count). The summed E-state index contributed by atoms with van der Waals surface area (Å²) < 4.78 is 0. The van der Waals surface area contributed by atoms with E-state index in [4.69, 9.17) is 0 Å². The summed E-state index contributed by atoms with van der Waals surface area (Å²) in [5.74, 6) is 1.82. The lowest BCUT2D eigenvalue weighted by Crippen LogP contribution is -2.39. The van der Waals surface area contributed by atoms with Crippen molar-refractivity contribution < 1.29 is 9.90 Å². The topological polar surface area (TPSA) is 40.5 Å². The Morgan fingerprint density at radius 3 is 2.44 bits per heavy atom. The third-order valence-electron chi connectivity index (χ3n) is 4.98. The van der Waals surface area contributed by atoms with Gasteiger partial charge in [0.05, 0.1) is 0 Å². The molecule has 0 aromatic heterocycles. The van der Waals surface area contributed by atoms with Gasteiger partial charge < -0.3 is 5.11 Å². The highest BCUT2D eigenvalue weighted by Crippen LogP contribution is 2.34. The lowest BCUT2D eigenvalue weighted by molar-refractivity contribution is -0.142. The Hall–Kier alpha value is -0.570. The first-order valence-corrected chi connectivity index (χ1v) is 7.54.